The number of carbonyl (C=O) groups excluding carboxylic acids is 1. The predicted octanol–water partition coefficient (Wildman–Crippen LogP) is 4.08. The largest absolute Gasteiger partial charge is 0.493 e. The van der Waals surface area contributed by atoms with Gasteiger partial charge in [-0.2, -0.15) is 5.10 Å². The van der Waals surface area contributed by atoms with E-state index in [0.29, 0.717) is 41.6 Å². The molecule has 0 bridgehead atoms. The number of aromatic amines is 1. The van der Waals surface area contributed by atoms with Crippen molar-refractivity contribution in [1.82, 2.24) is 25.5 Å². The van der Waals surface area contributed by atoms with Gasteiger partial charge < -0.3 is 25.8 Å². The average Bonchev–Trinajstić information content (AvgIpc) is 3.33. The van der Waals surface area contributed by atoms with Crippen molar-refractivity contribution in [2.45, 2.75) is 38.6 Å². The van der Waals surface area contributed by atoms with Crippen LogP contribution in [0, 0.1) is 11.6 Å². The van der Waals surface area contributed by atoms with E-state index in [1.54, 1.807) is 6.07 Å². The maximum atomic E-state index is 13.8. The number of halogens is 2. The lowest BCUT2D eigenvalue weighted by atomic mass is 10.0. The summed E-state index contributed by atoms with van der Waals surface area (Å²) in [7, 11) is 0. The van der Waals surface area contributed by atoms with E-state index in [-0.39, 0.29) is 24.3 Å². The van der Waals surface area contributed by atoms with Crippen molar-refractivity contribution in [3.05, 3.63) is 66.1 Å². The zero-order valence-electron chi connectivity index (χ0n) is 21.7. The van der Waals surface area contributed by atoms with Gasteiger partial charge in [-0.05, 0) is 57.5 Å². The first-order valence-corrected chi connectivity index (χ1v) is 12.5. The van der Waals surface area contributed by atoms with Crippen molar-refractivity contribution in [2.24, 2.45) is 0 Å². The van der Waals surface area contributed by atoms with Crippen LogP contribution in [0.4, 0.5) is 26.1 Å². The van der Waals surface area contributed by atoms with E-state index in [9.17, 15) is 13.6 Å². The Hall–Kier alpha value is -4.16. The molecule has 1 amide bonds. The monoisotopic (exact) mass is 539 g/mol. The molecule has 39 heavy (non-hydrogen) atoms. The zero-order chi connectivity index (χ0) is 27.8. The number of benzene rings is 2. The molecule has 0 aliphatic heterocycles. The number of ether oxygens (including phenoxy) is 1. The first-order chi connectivity index (χ1) is 18.7. The van der Waals surface area contributed by atoms with E-state index in [0.717, 1.165) is 24.4 Å². The standard InChI is InChI=1S/C27H31F2N7O3/c1-27(2,9-11-37)32-10-4-12-39-18-7-8-19-22(15-18)30-16-31-26(19)34-23-13-17(35-36-23)14-24(38)33-21-6-3-5-20(28)25(21)29/h3,5-8,13,15-16,32,37H,4,9-12,14H2,1-2H3,(H,33,38)(H2,30,31,34,35,36). The van der Waals surface area contributed by atoms with Gasteiger partial charge in [-0.3, -0.25) is 9.89 Å². The second-order valence-electron chi connectivity index (χ2n) is 9.62. The minimum atomic E-state index is -1.11. The van der Waals surface area contributed by atoms with Gasteiger partial charge in [0.05, 0.1) is 24.2 Å². The SMILES string of the molecule is CC(C)(CCO)NCCCOc1ccc2c(Nc3cc(CC(=O)Nc4cccc(F)c4F)[nH]n3)ncnc2c1. The summed E-state index contributed by atoms with van der Waals surface area (Å²) in [6.07, 6.45) is 2.79. The number of aliphatic hydroxyl groups excluding tert-OH is 1. The highest BCUT2D eigenvalue weighted by Crippen LogP contribution is 2.26. The van der Waals surface area contributed by atoms with E-state index >= 15 is 0 Å². The van der Waals surface area contributed by atoms with Gasteiger partial charge in [0.15, 0.2) is 17.5 Å². The molecule has 0 saturated heterocycles. The Kier molecular flexibility index (Phi) is 8.99. The van der Waals surface area contributed by atoms with Crippen molar-refractivity contribution < 1.29 is 23.4 Å². The van der Waals surface area contributed by atoms with E-state index < -0.39 is 17.5 Å². The van der Waals surface area contributed by atoms with Crippen LogP contribution in [0.1, 0.15) is 32.4 Å². The van der Waals surface area contributed by atoms with Crippen LogP contribution in [0.15, 0.2) is 48.8 Å². The van der Waals surface area contributed by atoms with Gasteiger partial charge in [0, 0.05) is 35.4 Å². The molecule has 0 fully saturated rings. The number of fused-ring (bicyclic) bond motifs is 1. The summed E-state index contributed by atoms with van der Waals surface area (Å²) in [5, 5.41) is 25.6. The van der Waals surface area contributed by atoms with Gasteiger partial charge in [0.1, 0.15) is 17.9 Å². The van der Waals surface area contributed by atoms with Crippen molar-refractivity contribution in [1.29, 1.82) is 0 Å². The third kappa shape index (κ3) is 7.68. The molecule has 0 atom stereocenters. The molecule has 4 aromatic rings. The molecule has 5 N–H and O–H groups in total. The van der Waals surface area contributed by atoms with E-state index in [2.05, 4.69) is 50.0 Å². The molecule has 0 unspecified atom stereocenters. The number of hydrogen-bond donors (Lipinski definition) is 5. The Labute approximate surface area is 224 Å². The number of anilines is 3. The van der Waals surface area contributed by atoms with Crippen molar-refractivity contribution >= 4 is 34.1 Å². The minimum absolute atomic E-state index is 0.121. The highest BCUT2D eigenvalue weighted by Gasteiger charge is 2.16. The first kappa shape index (κ1) is 27.9. The molecule has 2 aromatic carbocycles. The second-order valence-corrected chi connectivity index (χ2v) is 9.62. The van der Waals surface area contributed by atoms with Crippen molar-refractivity contribution in [2.75, 3.05) is 30.4 Å². The van der Waals surface area contributed by atoms with E-state index in [1.165, 1.54) is 18.5 Å². The first-order valence-electron chi connectivity index (χ1n) is 12.5. The summed E-state index contributed by atoms with van der Waals surface area (Å²) in [6.45, 7) is 5.55. The van der Waals surface area contributed by atoms with Crippen LogP contribution in [0.2, 0.25) is 0 Å². The fourth-order valence-electron chi connectivity index (χ4n) is 3.89. The Bertz CT molecular complexity index is 1430. The fraction of sp³-hybridized carbons (Fsp3) is 0.333. The molecule has 0 radical (unpaired) electrons. The van der Waals surface area contributed by atoms with Crippen LogP contribution in [0.5, 0.6) is 5.75 Å². The van der Waals surface area contributed by atoms with E-state index in [1.807, 2.05) is 18.2 Å². The van der Waals surface area contributed by atoms with Crippen LogP contribution in [-0.4, -0.2) is 56.5 Å². The van der Waals surface area contributed by atoms with Crippen molar-refractivity contribution in [3.8, 4) is 5.75 Å². The Morgan fingerprint density at radius 3 is 2.82 bits per heavy atom. The molecule has 0 aliphatic carbocycles. The lowest BCUT2D eigenvalue weighted by Gasteiger charge is -2.25. The molecule has 0 spiro atoms. The van der Waals surface area contributed by atoms with Crippen LogP contribution >= 0.6 is 0 Å². The molecular formula is C27H31F2N7O3. The number of amides is 1. The number of H-pyrrole nitrogens is 1. The lowest BCUT2D eigenvalue weighted by molar-refractivity contribution is -0.115. The molecular weight excluding hydrogens is 508 g/mol. The topological polar surface area (TPSA) is 137 Å². The van der Waals surface area contributed by atoms with Gasteiger partial charge in [0.25, 0.3) is 0 Å². The van der Waals surface area contributed by atoms with Gasteiger partial charge in [-0.1, -0.05) is 6.07 Å². The average molecular weight is 540 g/mol. The highest BCUT2D eigenvalue weighted by molar-refractivity contribution is 5.93. The molecule has 2 heterocycles. The summed E-state index contributed by atoms with van der Waals surface area (Å²) in [6, 6.07) is 10.7. The summed E-state index contributed by atoms with van der Waals surface area (Å²) < 4.78 is 33.0. The number of aliphatic hydroxyl groups is 1. The normalized spacial score (nSPS) is 11.5. The highest BCUT2D eigenvalue weighted by atomic mass is 19.2. The number of carbonyl (C=O) groups is 1. The Morgan fingerprint density at radius 1 is 1.15 bits per heavy atom. The maximum Gasteiger partial charge on any atom is 0.230 e. The lowest BCUT2D eigenvalue weighted by Crippen LogP contribution is -2.40. The fourth-order valence-corrected chi connectivity index (χ4v) is 3.89. The van der Waals surface area contributed by atoms with Gasteiger partial charge in [0.2, 0.25) is 5.91 Å². The van der Waals surface area contributed by atoms with Gasteiger partial charge >= 0.3 is 0 Å². The molecule has 2 aromatic heterocycles. The van der Waals surface area contributed by atoms with Crippen LogP contribution < -0.4 is 20.7 Å². The predicted molar refractivity (Wildman–Crippen MR) is 144 cm³/mol. The maximum absolute atomic E-state index is 13.8. The molecule has 10 nitrogen and oxygen atoms in total. The third-order valence-corrected chi connectivity index (χ3v) is 5.99. The number of aromatic nitrogens is 4. The van der Waals surface area contributed by atoms with Crippen LogP contribution in [-0.2, 0) is 11.2 Å². The smallest absolute Gasteiger partial charge is 0.230 e. The Balaban J connectivity index is 1.32. The molecule has 206 valence electrons. The second kappa shape index (κ2) is 12.6. The number of nitrogens with zero attached hydrogens (tertiary/aromatic N) is 3. The van der Waals surface area contributed by atoms with Gasteiger partial charge in [-0.25, -0.2) is 18.7 Å². The van der Waals surface area contributed by atoms with E-state index in [4.69, 9.17) is 9.84 Å². The minimum Gasteiger partial charge on any atom is -0.493 e. The van der Waals surface area contributed by atoms with Crippen molar-refractivity contribution in [3.63, 3.8) is 0 Å². The zero-order valence-corrected chi connectivity index (χ0v) is 21.7. The van der Waals surface area contributed by atoms with Gasteiger partial charge in [-0.15, -0.1) is 0 Å². The van der Waals surface area contributed by atoms with Crippen LogP contribution in [0.3, 0.4) is 0 Å². The summed E-state index contributed by atoms with van der Waals surface area (Å²) >= 11 is 0. The number of rotatable bonds is 13. The number of nitrogens with one attached hydrogen (secondary N) is 4. The Morgan fingerprint density at radius 2 is 2.00 bits per heavy atom. The third-order valence-electron chi connectivity index (χ3n) is 5.99. The molecule has 0 aliphatic rings. The number of hydrogen-bond acceptors (Lipinski definition) is 8. The molecule has 12 heteroatoms. The summed E-state index contributed by atoms with van der Waals surface area (Å²) in [5.41, 5.74) is 0.795. The molecule has 0 saturated carbocycles. The summed E-state index contributed by atoms with van der Waals surface area (Å²) in [4.78, 5) is 20.9. The summed E-state index contributed by atoms with van der Waals surface area (Å²) in [5.74, 6) is -1.05. The van der Waals surface area contributed by atoms with Crippen LogP contribution in [0.25, 0.3) is 10.9 Å². The molecule has 4 rings (SSSR count). The quantitative estimate of drug-likeness (QED) is 0.160.